The topological polar surface area (TPSA) is 20.3 Å². The largest absolute Gasteiger partial charge is 0.374 e. The van der Waals surface area contributed by atoms with Crippen LogP contribution in [0, 0.1) is 0 Å². The van der Waals surface area contributed by atoms with Gasteiger partial charge < -0.3 is 4.90 Å². The molecular weight excluding hydrogens is 186 g/mol. The Hall–Kier alpha value is -1.57. The van der Waals surface area contributed by atoms with Crippen LogP contribution in [-0.4, -0.2) is 19.9 Å². The summed E-state index contributed by atoms with van der Waals surface area (Å²) in [5.74, 6) is 0. The smallest absolute Gasteiger partial charge is 0.145 e. The van der Waals surface area contributed by atoms with Crippen LogP contribution in [0.15, 0.2) is 23.8 Å². The summed E-state index contributed by atoms with van der Waals surface area (Å²) in [5.41, 5.74) is 4.58. The average molecular weight is 201 g/mol. The van der Waals surface area contributed by atoms with Crippen LogP contribution in [0.1, 0.15) is 18.1 Å². The molecule has 78 valence electrons. The fourth-order valence-corrected chi connectivity index (χ4v) is 1.97. The molecule has 2 nitrogen and oxygen atoms in total. The minimum Gasteiger partial charge on any atom is -0.374 e. The number of rotatable bonds is 2. The highest BCUT2D eigenvalue weighted by Gasteiger charge is 2.14. The van der Waals surface area contributed by atoms with Gasteiger partial charge in [-0.1, -0.05) is 6.07 Å². The van der Waals surface area contributed by atoms with Crippen LogP contribution in [0.2, 0.25) is 0 Å². The third-order valence-electron chi connectivity index (χ3n) is 2.81. The Morgan fingerprint density at radius 1 is 1.47 bits per heavy atom. The average Bonchev–Trinajstić information content (AvgIpc) is 2.60. The highest BCUT2D eigenvalue weighted by Crippen LogP contribution is 2.27. The van der Waals surface area contributed by atoms with Gasteiger partial charge in [0, 0.05) is 19.3 Å². The normalized spacial score (nSPS) is 15.3. The van der Waals surface area contributed by atoms with Crippen molar-refractivity contribution >= 4 is 18.0 Å². The lowest BCUT2D eigenvalue weighted by atomic mass is 10.1. The predicted octanol–water partition coefficient (Wildman–Crippen LogP) is 2.28. The number of aldehydes is 1. The molecule has 0 atom stereocenters. The molecule has 0 radical (unpaired) electrons. The molecule has 15 heavy (non-hydrogen) atoms. The molecule has 1 aliphatic rings. The molecule has 0 amide bonds. The number of nitrogens with zero attached hydrogens (tertiary/aromatic N) is 1. The predicted molar refractivity (Wildman–Crippen MR) is 63.1 cm³/mol. The Labute approximate surface area is 90.2 Å². The van der Waals surface area contributed by atoms with Crippen molar-refractivity contribution in [2.24, 2.45) is 0 Å². The summed E-state index contributed by atoms with van der Waals surface area (Å²) in [5, 5.41) is 0. The van der Waals surface area contributed by atoms with E-state index in [1.807, 2.05) is 13.0 Å². The Morgan fingerprint density at radius 2 is 2.27 bits per heavy atom. The second-order valence-corrected chi connectivity index (χ2v) is 4.07. The van der Waals surface area contributed by atoms with Crippen molar-refractivity contribution in [2.75, 3.05) is 18.5 Å². The summed E-state index contributed by atoms with van der Waals surface area (Å²) >= 11 is 0. The molecule has 0 saturated carbocycles. The molecule has 2 heteroatoms. The molecule has 1 aliphatic heterocycles. The van der Waals surface area contributed by atoms with Crippen molar-refractivity contribution in [1.29, 1.82) is 0 Å². The Kier molecular flexibility index (Phi) is 2.58. The van der Waals surface area contributed by atoms with Crippen molar-refractivity contribution < 1.29 is 4.79 Å². The highest BCUT2D eigenvalue weighted by molar-refractivity contribution is 5.81. The van der Waals surface area contributed by atoms with E-state index >= 15 is 0 Å². The number of allylic oxidation sites excluding steroid dienone is 1. The van der Waals surface area contributed by atoms with Crippen LogP contribution < -0.4 is 4.90 Å². The van der Waals surface area contributed by atoms with E-state index in [0.717, 1.165) is 30.4 Å². The Morgan fingerprint density at radius 3 is 3.00 bits per heavy atom. The standard InChI is InChI=1S/C13H15NO/c1-10(9-15)7-11-3-4-13-12(8-11)5-6-14(13)2/h3-4,7-9H,5-6H2,1-2H3. The number of carbonyl (C=O) groups excluding carboxylic acids is 1. The lowest BCUT2D eigenvalue weighted by Gasteiger charge is -2.11. The first-order valence-electron chi connectivity index (χ1n) is 5.18. The number of fused-ring (bicyclic) bond motifs is 1. The molecule has 0 unspecified atom stereocenters. The molecule has 2 rings (SSSR count). The van der Waals surface area contributed by atoms with Crippen molar-refractivity contribution in [3.63, 3.8) is 0 Å². The Balaban J connectivity index is 2.35. The lowest BCUT2D eigenvalue weighted by Crippen LogP contribution is -2.12. The first-order valence-corrected chi connectivity index (χ1v) is 5.18. The molecule has 0 bridgehead atoms. The maximum absolute atomic E-state index is 10.5. The monoisotopic (exact) mass is 201 g/mol. The molecule has 0 saturated heterocycles. The van der Waals surface area contributed by atoms with Gasteiger partial charge in [-0.3, -0.25) is 4.79 Å². The summed E-state index contributed by atoms with van der Waals surface area (Å²) in [6.45, 7) is 2.92. The maximum Gasteiger partial charge on any atom is 0.145 e. The number of hydrogen-bond donors (Lipinski definition) is 0. The van der Waals surface area contributed by atoms with Crippen LogP contribution >= 0.6 is 0 Å². The third kappa shape index (κ3) is 1.94. The third-order valence-corrected chi connectivity index (χ3v) is 2.81. The minimum absolute atomic E-state index is 0.765. The molecule has 1 heterocycles. The highest BCUT2D eigenvalue weighted by atomic mass is 16.1. The molecule has 0 N–H and O–H groups in total. The summed E-state index contributed by atoms with van der Waals surface area (Å²) in [7, 11) is 2.11. The second-order valence-electron chi connectivity index (χ2n) is 4.07. The fraction of sp³-hybridized carbons (Fsp3) is 0.308. The minimum atomic E-state index is 0.765. The summed E-state index contributed by atoms with van der Waals surface area (Å²) in [6.07, 6.45) is 3.92. The quantitative estimate of drug-likeness (QED) is 0.540. The van der Waals surface area contributed by atoms with Crippen LogP contribution in [-0.2, 0) is 11.2 Å². The zero-order valence-electron chi connectivity index (χ0n) is 9.16. The first kappa shape index (κ1) is 9.97. The van der Waals surface area contributed by atoms with Crippen LogP contribution in [0.3, 0.4) is 0 Å². The molecule has 1 aromatic rings. The summed E-state index contributed by atoms with van der Waals surface area (Å²) in [6, 6.07) is 6.37. The van der Waals surface area contributed by atoms with Crippen molar-refractivity contribution in [2.45, 2.75) is 13.3 Å². The van der Waals surface area contributed by atoms with Gasteiger partial charge >= 0.3 is 0 Å². The van der Waals surface area contributed by atoms with Crippen LogP contribution in [0.5, 0.6) is 0 Å². The molecule has 0 spiro atoms. The van der Waals surface area contributed by atoms with E-state index in [2.05, 4.69) is 30.1 Å². The lowest BCUT2D eigenvalue weighted by molar-refractivity contribution is -0.104. The van der Waals surface area contributed by atoms with E-state index in [0.29, 0.717) is 0 Å². The zero-order valence-corrected chi connectivity index (χ0v) is 9.16. The number of anilines is 1. The van der Waals surface area contributed by atoms with Gasteiger partial charge in [-0.25, -0.2) is 0 Å². The van der Waals surface area contributed by atoms with E-state index in [4.69, 9.17) is 0 Å². The molecule has 0 aliphatic carbocycles. The number of likely N-dealkylation sites (N-methyl/N-ethyl adjacent to an activating group) is 1. The van der Waals surface area contributed by atoms with Crippen LogP contribution in [0.4, 0.5) is 5.69 Å². The van der Waals surface area contributed by atoms with E-state index in [9.17, 15) is 4.79 Å². The van der Waals surface area contributed by atoms with Crippen molar-refractivity contribution in [3.05, 3.63) is 34.9 Å². The van der Waals surface area contributed by atoms with Crippen molar-refractivity contribution in [1.82, 2.24) is 0 Å². The summed E-state index contributed by atoms with van der Waals surface area (Å²) in [4.78, 5) is 12.8. The van der Waals surface area contributed by atoms with E-state index < -0.39 is 0 Å². The fourth-order valence-electron chi connectivity index (χ4n) is 1.97. The van der Waals surface area contributed by atoms with E-state index in [-0.39, 0.29) is 0 Å². The molecule has 0 fully saturated rings. The van der Waals surface area contributed by atoms with Gasteiger partial charge in [0.25, 0.3) is 0 Å². The van der Waals surface area contributed by atoms with Gasteiger partial charge in [-0.15, -0.1) is 0 Å². The number of carbonyl (C=O) groups is 1. The van der Waals surface area contributed by atoms with Gasteiger partial charge in [0.15, 0.2) is 0 Å². The van der Waals surface area contributed by atoms with Gasteiger partial charge in [-0.05, 0) is 48.3 Å². The first-order chi connectivity index (χ1) is 7.20. The van der Waals surface area contributed by atoms with Crippen molar-refractivity contribution in [3.8, 4) is 0 Å². The maximum atomic E-state index is 10.5. The van der Waals surface area contributed by atoms with Gasteiger partial charge in [0.1, 0.15) is 6.29 Å². The number of hydrogen-bond acceptors (Lipinski definition) is 2. The van der Waals surface area contributed by atoms with Gasteiger partial charge in [-0.2, -0.15) is 0 Å². The summed E-state index contributed by atoms with van der Waals surface area (Å²) < 4.78 is 0. The van der Waals surface area contributed by atoms with Gasteiger partial charge in [0.05, 0.1) is 0 Å². The number of benzene rings is 1. The van der Waals surface area contributed by atoms with E-state index in [1.165, 1.54) is 11.3 Å². The SMILES string of the molecule is CC(C=O)=Cc1ccc2c(c1)CCN2C. The molecule has 0 aromatic heterocycles. The van der Waals surface area contributed by atoms with Crippen LogP contribution in [0.25, 0.3) is 6.08 Å². The second kappa shape index (κ2) is 3.89. The van der Waals surface area contributed by atoms with Gasteiger partial charge in [0.2, 0.25) is 0 Å². The van der Waals surface area contributed by atoms with E-state index in [1.54, 1.807) is 0 Å². The molecule has 1 aromatic carbocycles. The molecular formula is C13H15NO. The Bertz CT molecular complexity index is 421. The zero-order chi connectivity index (χ0) is 10.8.